The second-order valence-electron chi connectivity index (χ2n) is 4.63. The third-order valence-electron chi connectivity index (χ3n) is 3.40. The molecule has 7 heteroatoms. The van der Waals surface area contributed by atoms with Crippen LogP contribution in [-0.2, 0) is 9.84 Å². The molecule has 0 radical (unpaired) electrons. The zero-order valence-electron chi connectivity index (χ0n) is 10.3. The molecule has 3 rings (SSSR count). The Morgan fingerprint density at radius 1 is 1.32 bits per heavy atom. The predicted molar refractivity (Wildman–Crippen MR) is 81.9 cm³/mol. The molecule has 0 unspecified atom stereocenters. The van der Waals surface area contributed by atoms with E-state index in [-0.39, 0.29) is 22.8 Å². The van der Waals surface area contributed by atoms with Gasteiger partial charge < -0.3 is 9.64 Å². The lowest BCUT2D eigenvalue weighted by atomic mass is 10.2. The number of nitrogens with zero attached hydrogens (tertiary/aromatic N) is 1. The number of benzene rings is 1. The molecule has 0 aromatic heterocycles. The van der Waals surface area contributed by atoms with E-state index in [1.807, 2.05) is 29.2 Å². The molecule has 102 valence electrons. The average molecular weight is 315 g/mol. The van der Waals surface area contributed by atoms with Gasteiger partial charge in [-0.15, -0.1) is 0 Å². The van der Waals surface area contributed by atoms with Crippen molar-refractivity contribution in [3.05, 3.63) is 24.3 Å². The van der Waals surface area contributed by atoms with Gasteiger partial charge >= 0.3 is 0 Å². The van der Waals surface area contributed by atoms with Crippen LogP contribution in [0.2, 0.25) is 0 Å². The van der Waals surface area contributed by atoms with E-state index in [0.29, 0.717) is 0 Å². The minimum atomic E-state index is -2.93. The summed E-state index contributed by atoms with van der Waals surface area (Å²) in [7, 11) is -1.31. The number of hydrogen-bond donors (Lipinski definition) is 0. The molecular weight excluding hydrogens is 302 g/mol. The number of thioether (sulfide) groups is 1. The van der Waals surface area contributed by atoms with E-state index < -0.39 is 9.84 Å². The Hall–Kier alpha value is -0.790. The topological polar surface area (TPSA) is 46.6 Å². The number of hydrogen-bond acceptors (Lipinski definition) is 5. The third-order valence-corrected chi connectivity index (χ3v) is 7.00. The van der Waals surface area contributed by atoms with Gasteiger partial charge in [-0.25, -0.2) is 8.42 Å². The fourth-order valence-corrected chi connectivity index (χ4v) is 6.89. The van der Waals surface area contributed by atoms with Crippen molar-refractivity contribution in [2.75, 3.05) is 23.5 Å². The van der Waals surface area contributed by atoms with E-state index in [0.717, 1.165) is 15.8 Å². The lowest BCUT2D eigenvalue weighted by Crippen LogP contribution is -2.36. The van der Waals surface area contributed by atoms with Crippen molar-refractivity contribution in [1.29, 1.82) is 0 Å². The molecule has 1 aromatic carbocycles. The standard InChI is InChI=1S/C12H13NO3S3/c1-16-9-4-2-8(3-5-9)13-10-6-19(14,15)7-11(10)18-12(13)17/h2-5,10-11H,6-7H2,1H3/t10-,11+/m1/s1. The summed E-state index contributed by atoms with van der Waals surface area (Å²) < 4.78 is 29.3. The Morgan fingerprint density at radius 3 is 2.63 bits per heavy atom. The Labute approximate surface area is 122 Å². The van der Waals surface area contributed by atoms with Gasteiger partial charge in [0.05, 0.1) is 24.7 Å². The molecule has 0 spiro atoms. The molecule has 2 saturated heterocycles. The maximum Gasteiger partial charge on any atom is 0.153 e. The number of methoxy groups -OCH3 is 1. The molecule has 2 heterocycles. The van der Waals surface area contributed by atoms with Crippen molar-refractivity contribution >= 4 is 43.8 Å². The summed E-state index contributed by atoms with van der Waals surface area (Å²) in [4.78, 5) is 1.97. The highest BCUT2D eigenvalue weighted by Gasteiger charge is 2.48. The van der Waals surface area contributed by atoms with Crippen LogP contribution >= 0.6 is 24.0 Å². The highest BCUT2D eigenvalue weighted by Crippen LogP contribution is 2.41. The van der Waals surface area contributed by atoms with Crippen molar-refractivity contribution in [2.45, 2.75) is 11.3 Å². The van der Waals surface area contributed by atoms with Gasteiger partial charge in [0.25, 0.3) is 0 Å². The monoisotopic (exact) mass is 315 g/mol. The normalized spacial score (nSPS) is 28.5. The van der Waals surface area contributed by atoms with Gasteiger partial charge in [0.15, 0.2) is 9.84 Å². The lowest BCUT2D eigenvalue weighted by Gasteiger charge is -2.24. The first-order valence-corrected chi connectivity index (χ1v) is 8.95. The Morgan fingerprint density at radius 2 is 2.00 bits per heavy atom. The van der Waals surface area contributed by atoms with Crippen LogP contribution in [0.15, 0.2) is 24.3 Å². The van der Waals surface area contributed by atoms with Crippen LogP contribution < -0.4 is 9.64 Å². The van der Waals surface area contributed by atoms with E-state index in [1.54, 1.807) is 7.11 Å². The van der Waals surface area contributed by atoms with Gasteiger partial charge in [-0.3, -0.25) is 0 Å². The van der Waals surface area contributed by atoms with Crippen LogP contribution in [0, 0.1) is 0 Å². The number of sulfone groups is 1. The molecule has 19 heavy (non-hydrogen) atoms. The highest BCUT2D eigenvalue weighted by atomic mass is 32.2. The summed E-state index contributed by atoms with van der Waals surface area (Å²) >= 11 is 6.87. The molecule has 0 bridgehead atoms. The van der Waals surface area contributed by atoms with Gasteiger partial charge in [-0.1, -0.05) is 24.0 Å². The first-order chi connectivity index (χ1) is 9.00. The molecule has 0 N–H and O–H groups in total. The van der Waals surface area contributed by atoms with Crippen LogP contribution in [0.1, 0.15) is 0 Å². The minimum Gasteiger partial charge on any atom is -0.497 e. The molecule has 2 fully saturated rings. The highest BCUT2D eigenvalue weighted by molar-refractivity contribution is 8.24. The van der Waals surface area contributed by atoms with Gasteiger partial charge in [0.1, 0.15) is 10.1 Å². The molecule has 1 aromatic rings. The summed E-state index contributed by atoms with van der Waals surface area (Å²) in [5, 5.41) is 0.0691. The molecule has 0 amide bonds. The second-order valence-corrected chi connectivity index (χ2v) is 8.66. The largest absolute Gasteiger partial charge is 0.497 e. The zero-order chi connectivity index (χ0) is 13.6. The maximum atomic E-state index is 11.7. The smallest absolute Gasteiger partial charge is 0.153 e. The second kappa shape index (κ2) is 4.64. The molecule has 0 aliphatic carbocycles. The third kappa shape index (κ3) is 2.34. The van der Waals surface area contributed by atoms with Gasteiger partial charge in [-0.2, -0.15) is 0 Å². The maximum absolute atomic E-state index is 11.7. The van der Waals surface area contributed by atoms with Crippen molar-refractivity contribution in [1.82, 2.24) is 0 Å². The number of thiocarbonyl (C=S) groups is 1. The summed E-state index contributed by atoms with van der Waals surface area (Å²) in [5.41, 5.74) is 0.933. The van der Waals surface area contributed by atoms with Crippen LogP contribution in [-0.4, -0.2) is 42.6 Å². The van der Waals surface area contributed by atoms with Crippen molar-refractivity contribution in [3.63, 3.8) is 0 Å². The summed E-state index contributed by atoms with van der Waals surface area (Å²) in [6, 6.07) is 7.52. The Balaban J connectivity index is 1.92. The van der Waals surface area contributed by atoms with Crippen LogP contribution in [0.3, 0.4) is 0 Å². The molecule has 2 aliphatic rings. The first kappa shape index (κ1) is 13.2. The van der Waals surface area contributed by atoms with Crippen LogP contribution in [0.5, 0.6) is 5.75 Å². The average Bonchev–Trinajstić information content (AvgIpc) is 2.79. The summed E-state index contributed by atoms with van der Waals surface area (Å²) in [6.45, 7) is 0. The fraction of sp³-hybridized carbons (Fsp3) is 0.417. The van der Waals surface area contributed by atoms with Crippen molar-refractivity contribution in [2.24, 2.45) is 0 Å². The van der Waals surface area contributed by atoms with E-state index in [4.69, 9.17) is 17.0 Å². The predicted octanol–water partition coefficient (Wildman–Crippen LogP) is 1.70. The van der Waals surface area contributed by atoms with Crippen LogP contribution in [0.25, 0.3) is 0 Å². The van der Waals surface area contributed by atoms with E-state index in [1.165, 1.54) is 11.8 Å². The number of fused-ring (bicyclic) bond motifs is 1. The quantitative estimate of drug-likeness (QED) is 0.774. The molecular formula is C12H13NO3S3. The molecule has 2 aliphatic heterocycles. The zero-order valence-corrected chi connectivity index (χ0v) is 12.7. The summed E-state index contributed by atoms with van der Waals surface area (Å²) in [5.74, 6) is 1.20. The van der Waals surface area contributed by atoms with E-state index in [2.05, 4.69) is 0 Å². The SMILES string of the molecule is COc1ccc(N2C(=S)S[C@H]3CS(=O)(=O)C[C@H]32)cc1. The molecule has 2 atom stereocenters. The molecule has 0 saturated carbocycles. The Bertz CT molecular complexity index is 612. The van der Waals surface area contributed by atoms with Gasteiger partial charge in [-0.05, 0) is 24.3 Å². The first-order valence-electron chi connectivity index (χ1n) is 5.84. The Kier molecular flexibility index (Phi) is 3.23. The number of ether oxygens (including phenoxy) is 1. The summed E-state index contributed by atoms with van der Waals surface area (Å²) in [6.07, 6.45) is 0. The number of rotatable bonds is 2. The van der Waals surface area contributed by atoms with Crippen LogP contribution in [0.4, 0.5) is 5.69 Å². The van der Waals surface area contributed by atoms with Crippen molar-refractivity contribution < 1.29 is 13.2 Å². The molecule has 4 nitrogen and oxygen atoms in total. The lowest BCUT2D eigenvalue weighted by molar-refractivity contribution is 0.415. The minimum absolute atomic E-state index is 0.0316. The van der Waals surface area contributed by atoms with Crippen molar-refractivity contribution in [3.8, 4) is 5.75 Å². The van der Waals surface area contributed by atoms with E-state index >= 15 is 0 Å². The van der Waals surface area contributed by atoms with Gasteiger partial charge in [0.2, 0.25) is 0 Å². The van der Waals surface area contributed by atoms with Gasteiger partial charge in [0, 0.05) is 10.9 Å². The number of anilines is 1. The fourth-order valence-electron chi connectivity index (χ4n) is 2.51. The van der Waals surface area contributed by atoms with E-state index in [9.17, 15) is 8.42 Å².